The highest BCUT2D eigenvalue weighted by Gasteiger charge is 2.15. The van der Waals surface area contributed by atoms with E-state index in [0.717, 1.165) is 27.5 Å². The zero-order valence-electron chi connectivity index (χ0n) is 13.2. The number of hydrogen-bond donors (Lipinski definition) is 1. The standard InChI is InChI=1S/C14H19N5O3S/c1-18(23(3,21)22)10-14(20)16-9-12-7-13(17-19(12)2)11-5-4-6-15-8-11/h4-8H,9-10H2,1-3H3,(H,16,20). The number of aromatic nitrogens is 3. The minimum Gasteiger partial charge on any atom is -0.349 e. The molecule has 0 saturated carbocycles. The number of rotatable bonds is 6. The summed E-state index contributed by atoms with van der Waals surface area (Å²) in [5.74, 6) is -0.373. The van der Waals surface area contributed by atoms with Crippen LogP contribution in [0.25, 0.3) is 11.3 Å². The van der Waals surface area contributed by atoms with E-state index in [1.54, 1.807) is 24.1 Å². The van der Waals surface area contributed by atoms with Crippen LogP contribution in [0.3, 0.4) is 0 Å². The Bertz CT molecular complexity index is 786. The molecule has 0 atom stereocenters. The van der Waals surface area contributed by atoms with E-state index in [1.807, 2.05) is 18.2 Å². The predicted molar refractivity (Wildman–Crippen MR) is 85.8 cm³/mol. The van der Waals surface area contributed by atoms with Crippen molar-refractivity contribution in [2.75, 3.05) is 19.8 Å². The summed E-state index contributed by atoms with van der Waals surface area (Å²) in [6.07, 6.45) is 4.46. The van der Waals surface area contributed by atoms with Gasteiger partial charge in [0.15, 0.2) is 0 Å². The van der Waals surface area contributed by atoms with E-state index >= 15 is 0 Å². The molecule has 2 heterocycles. The Morgan fingerprint density at radius 3 is 2.78 bits per heavy atom. The maximum Gasteiger partial charge on any atom is 0.235 e. The minimum absolute atomic E-state index is 0.216. The van der Waals surface area contributed by atoms with E-state index in [-0.39, 0.29) is 19.0 Å². The third-order valence-electron chi connectivity index (χ3n) is 3.33. The zero-order chi connectivity index (χ0) is 17.0. The largest absolute Gasteiger partial charge is 0.349 e. The van der Waals surface area contributed by atoms with Gasteiger partial charge in [0.25, 0.3) is 0 Å². The molecule has 0 aliphatic heterocycles. The summed E-state index contributed by atoms with van der Waals surface area (Å²) in [6, 6.07) is 5.59. The fraction of sp³-hybridized carbons (Fsp3) is 0.357. The molecule has 0 bridgehead atoms. The van der Waals surface area contributed by atoms with Crippen molar-refractivity contribution in [3.63, 3.8) is 0 Å². The number of sulfonamides is 1. The molecule has 0 aliphatic carbocycles. The highest BCUT2D eigenvalue weighted by molar-refractivity contribution is 7.88. The summed E-state index contributed by atoms with van der Waals surface area (Å²) in [4.78, 5) is 15.9. The Kier molecular flexibility index (Phi) is 5.12. The fourth-order valence-corrected chi connectivity index (χ4v) is 2.24. The van der Waals surface area contributed by atoms with Gasteiger partial charge in [-0.3, -0.25) is 14.5 Å². The molecule has 1 amide bonds. The molecule has 124 valence electrons. The van der Waals surface area contributed by atoms with Gasteiger partial charge in [0.1, 0.15) is 0 Å². The first-order valence-corrected chi connectivity index (χ1v) is 8.73. The summed E-state index contributed by atoms with van der Waals surface area (Å²) in [5, 5.41) is 7.06. The lowest BCUT2D eigenvalue weighted by Gasteiger charge is -2.13. The number of hydrogen-bond acceptors (Lipinski definition) is 5. The molecule has 0 spiro atoms. The van der Waals surface area contributed by atoms with Gasteiger partial charge in [0.2, 0.25) is 15.9 Å². The van der Waals surface area contributed by atoms with Gasteiger partial charge in [-0.25, -0.2) is 8.42 Å². The van der Waals surface area contributed by atoms with E-state index in [9.17, 15) is 13.2 Å². The zero-order valence-corrected chi connectivity index (χ0v) is 14.0. The molecule has 2 rings (SSSR count). The van der Waals surface area contributed by atoms with E-state index in [1.165, 1.54) is 7.05 Å². The number of carbonyl (C=O) groups excluding carboxylic acids is 1. The van der Waals surface area contributed by atoms with Crippen molar-refractivity contribution in [3.05, 3.63) is 36.3 Å². The van der Waals surface area contributed by atoms with Gasteiger partial charge in [0.05, 0.1) is 30.7 Å². The highest BCUT2D eigenvalue weighted by atomic mass is 32.2. The van der Waals surface area contributed by atoms with Gasteiger partial charge in [-0.15, -0.1) is 0 Å². The van der Waals surface area contributed by atoms with Gasteiger partial charge < -0.3 is 5.32 Å². The monoisotopic (exact) mass is 337 g/mol. The lowest BCUT2D eigenvalue weighted by Crippen LogP contribution is -2.37. The Balaban J connectivity index is 1.99. The summed E-state index contributed by atoms with van der Waals surface area (Å²) in [5.41, 5.74) is 2.45. The molecule has 0 saturated heterocycles. The molecule has 0 fully saturated rings. The van der Waals surface area contributed by atoms with Crippen LogP contribution in [0.15, 0.2) is 30.6 Å². The van der Waals surface area contributed by atoms with Crippen LogP contribution in [-0.4, -0.2) is 53.2 Å². The number of amides is 1. The van der Waals surface area contributed by atoms with Crippen molar-refractivity contribution in [1.82, 2.24) is 24.4 Å². The second-order valence-corrected chi connectivity index (χ2v) is 7.27. The molecule has 1 N–H and O–H groups in total. The van der Waals surface area contributed by atoms with Gasteiger partial charge in [-0.05, 0) is 18.2 Å². The summed E-state index contributed by atoms with van der Waals surface area (Å²) < 4.78 is 25.2. The van der Waals surface area contributed by atoms with E-state index in [0.29, 0.717) is 0 Å². The Hall–Kier alpha value is -2.26. The van der Waals surface area contributed by atoms with Crippen molar-refractivity contribution >= 4 is 15.9 Å². The smallest absolute Gasteiger partial charge is 0.235 e. The average molecular weight is 337 g/mol. The van der Waals surface area contributed by atoms with Crippen LogP contribution in [0.5, 0.6) is 0 Å². The lowest BCUT2D eigenvalue weighted by molar-refractivity contribution is -0.121. The van der Waals surface area contributed by atoms with Gasteiger partial charge >= 0.3 is 0 Å². The number of pyridine rings is 1. The Morgan fingerprint density at radius 2 is 2.17 bits per heavy atom. The van der Waals surface area contributed by atoms with Gasteiger partial charge in [-0.1, -0.05) is 0 Å². The van der Waals surface area contributed by atoms with Gasteiger partial charge in [0, 0.05) is 32.1 Å². The molecule has 9 heteroatoms. The van der Waals surface area contributed by atoms with E-state index in [2.05, 4.69) is 15.4 Å². The SMILES string of the molecule is CN(CC(=O)NCc1cc(-c2cccnc2)nn1C)S(C)(=O)=O. The van der Waals surface area contributed by atoms with Crippen molar-refractivity contribution in [2.24, 2.45) is 7.05 Å². The number of aryl methyl sites for hydroxylation is 1. The average Bonchev–Trinajstić information content (AvgIpc) is 2.86. The first kappa shape index (κ1) is 17.1. The molecule has 23 heavy (non-hydrogen) atoms. The quantitative estimate of drug-likeness (QED) is 0.799. The van der Waals surface area contributed by atoms with Crippen LogP contribution in [0.1, 0.15) is 5.69 Å². The van der Waals surface area contributed by atoms with Crippen LogP contribution in [-0.2, 0) is 28.4 Å². The first-order chi connectivity index (χ1) is 10.8. The van der Waals surface area contributed by atoms with E-state index < -0.39 is 10.0 Å². The molecule has 0 aliphatic rings. The molecule has 0 radical (unpaired) electrons. The number of likely N-dealkylation sites (N-methyl/N-ethyl adjacent to an activating group) is 1. The number of nitrogens with one attached hydrogen (secondary N) is 1. The third kappa shape index (κ3) is 4.60. The van der Waals surface area contributed by atoms with Crippen molar-refractivity contribution in [2.45, 2.75) is 6.54 Å². The highest BCUT2D eigenvalue weighted by Crippen LogP contribution is 2.17. The number of nitrogens with zero attached hydrogens (tertiary/aromatic N) is 4. The molecule has 0 unspecified atom stereocenters. The third-order valence-corrected chi connectivity index (χ3v) is 4.59. The second kappa shape index (κ2) is 6.88. The normalized spacial score (nSPS) is 11.7. The van der Waals surface area contributed by atoms with Crippen LogP contribution in [0, 0.1) is 0 Å². The topological polar surface area (TPSA) is 97.2 Å². The fourth-order valence-electron chi connectivity index (χ4n) is 1.89. The van der Waals surface area contributed by atoms with Gasteiger partial charge in [-0.2, -0.15) is 9.40 Å². The number of carbonyl (C=O) groups is 1. The first-order valence-electron chi connectivity index (χ1n) is 6.88. The maximum absolute atomic E-state index is 11.8. The molecular formula is C14H19N5O3S. The van der Waals surface area contributed by atoms with E-state index in [4.69, 9.17) is 0 Å². The Morgan fingerprint density at radius 1 is 1.43 bits per heavy atom. The maximum atomic E-state index is 11.8. The summed E-state index contributed by atoms with van der Waals surface area (Å²) in [7, 11) is -0.231. The van der Waals surface area contributed by atoms with Crippen LogP contribution in [0.2, 0.25) is 0 Å². The van der Waals surface area contributed by atoms with Crippen LogP contribution < -0.4 is 5.32 Å². The molecular weight excluding hydrogens is 318 g/mol. The van der Waals surface area contributed by atoms with Crippen molar-refractivity contribution < 1.29 is 13.2 Å². The Labute approximate surface area is 135 Å². The molecule has 2 aromatic heterocycles. The predicted octanol–water partition coefficient (Wildman–Crippen LogP) is -0.0103. The molecule has 2 aromatic rings. The molecule has 0 aromatic carbocycles. The lowest BCUT2D eigenvalue weighted by atomic mass is 10.2. The summed E-state index contributed by atoms with van der Waals surface area (Å²) >= 11 is 0. The van der Waals surface area contributed by atoms with Crippen LogP contribution in [0.4, 0.5) is 0 Å². The van der Waals surface area contributed by atoms with Crippen LogP contribution >= 0.6 is 0 Å². The summed E-state index contributed by atoms with van der Waals surface area (Å²) in [6.45, 7) is 0.0480. The second-order valence-electron chi connectivity index (χ2n) is 5.18. The molecule has 8 nitrogen and oxygen atoms in total. The minimum atomic E-state index is -3.37. The van der Waals surface area contributed by atoms with Crippen molar-refractivity contribution in [3.8, 4) is 11.3 Å². The van der Waals surface area contributed by atoms with Crippen molar-refractivity contribution in [1.29, 1.82) is 0 Å².